The quantitative estimate of drug-likeness (QED) is 0.735. The molecule has 0 aliphatic carbocycles. The molecule has 1 heterocycles. The minimum atomic E-state index is -0.396. The third-order valence-corrected chi connectivity index (χ3v) is 3.45. The predicted octanol–water partition coefficient (Wildman–Crippen LogP) is 1.13. The molecule has 5 nitrogen and oxygen atoms in total. The number of aromatic amines is 1. The maximum absolute atomic E-state index is 12.2. The van der Waals surface area contributed by atoms with E-state index in [0.29, 0.717) is 17.8 Å². The highest BCUT2D eigenvalue weighted by Crippen LogP contribution is 2.17. The minimum Gasteiger partial charge on any atom is -0.345 e. The molecule has 1 rings (SSSR count). The molecular formula is C12H22N4O. The summed E-state index contributed by atoms with van der Waals surface area (Å²) in [6.07, 6.45) is 0. The highest BCUT2D eigenvalue weighted by molar-refractivity contribution is 5.96. The largest absolute Gasteiger partial charge is 0.345 e. The lowest BCUT2D eigenvalue weighted by molar-refractivity contribution is 0.0882. The second kappa shape index (κ2) is 4.87. The molecule has 0 aromatic carbocycles. The van der Waals surface area contributed by atoms with E-state index in [1.54, 1.807) is 0 Å². The van der Waals surface area contributed by atoms with Gasteiger partial charge in [-0.15, -0.1) is 0 Å². The van der Waals surface area contributed by atoms with Crippen molar-refractivity contribution in [2.24, 2.45) is 11.7 Å². The number of rotatable bonds is 4. The molecule has 0 saturated heterocycles. The summed E-state index contributed by atoms with van der Waals surface area (Å²) in [6, 6.07) is 0. The molecule has 1 amide bonds. The zero-order valence-electron chi connectivity index (χ0n) is 11.2. The molecule has 0 aliphatic heterocycles. The Morgan fingerprint density at radius 2 is 2.12 bits per heavy atom. The average Bonchev–Trinajstić information content (AvgIpc) is 2.58. The van der Waals surface area contributed by atoms with Crippen LogP contribution in [0.2, 0.25) is 0 Å². The SMILES string of the molecule is Cc1n[nH]c(C)c1C(=O)NC(C)(CN)C(C)C. The third kappa shape index (κ3) is 2.66. The second-order valence-electron chi connectivity index (χ2n) is 5.04. The topological polar surface area (TPSA) is 83.8 Å². The average molecular weight is 238 g/mol. The molecule has 0 fully saturated rings. The van der Waals surface area contributed by atoms with Gasteiger partial charge in [0.15, 0.2) is 0 Å². The maximum atomic E-state index is 12.2. The van der Waals surface area contributed by atoms with E-state index in [0.717, 1.165) is 5.69 Å². The molecule has 5 heteroatoms. The van der Waals surface area contributed by atoms with Crippen LogP contribution in [-0.4, -0.2) is 28.2 Å². The first-order chi connectivity index (χ1) is 7.81. The van der Waals surface area contributed by atoms with E-state index in [1.807, 2.05) is 34.6 Å². The summed E-state index contributed by atoms with van der Waals surface area (Å²) in [5, 5.41) is 9.83. The number of nitrogens with one attached hydrogen (secondary N) is 2. The van der Waals surface area contributed by atoms with Crippen LogP contribution < -0.4 is 11.1 Å². The van der Waals surface area contributed by atoms with Gasteiger partial charge in [0.1, 0.15) is 0 Å². The van der Waals surface area contributed by atoms with E-state index in [2.05, 4.69) is 15.5 Å². The van der Waals surface area contributed by atoms with E-state index >= 15 is 0 Å². The number of carbonyl (C=O) groups is 1. The van der Waals surface area contributed by atoms with Crippen LogP contribution >= 0.6 is 0 Å². The van der Waals surface area contributed by atoms with Gasteiger partial charge in [0, 0.05) is 12.2 Å². The number of nitrogens with zero attached hydrogens (tertiary/aromatic N) is 1. The van der Waals surface area contributed by atoms with Gasteiger partial charge in [-0.25, -0.2) is 0 Å². The van der Waals surface area contributed by atoms with Crippen LogP contribution in [0.15, 0.2) is 0 Å². The fraction of sp³-hybridized carbons (Fsp3) is 0.667. The van der Waals surface area contributed by atoms with Crippen LogP contribution in [-0.2, 0) is 0 Å². The molecule has 1 unspecified atom stereocenters. The van der Waals surface area contributed by atoms with Crippen LogP contribution in [0.3, 0.4) is 0 Å². The maximum Gasteiger partial charge on any atom is 0.255 e. The number of nitrogens with two attached hydrogens (primary N) is 1. The molecule has 0 aliphatic rings. The number of H-pyrrole nitrogens is 1. The first-order valence-corrected chi connectivity index (χ1v) is 5.86. The molecular weight excluding hydrogens is 216 g/mol. The van der Waals surface area contributed by atoms with Crippen LogP contribution in [0.25, 0.3) is 0 Å². The molecule has 1 aromatic rings. The fourth-order valence-corrected chi connectivity index (χ4v) is 1.64. The highest BCUT2D eigenvalue weighted by atomic mass is 16.1. The van der Waals surface area contributed by atoms with Crippen LogP contribution in [0.5, 0.6) is 0 Å². The van der Waals surface area contributed by atoms with Crippen LogP contribution in [0.1, 0.15) is 42.5 Å². The number of carbonyl (C=O) groups excluding carboxylic acids is 1. The highest BCUT2D eigenvalue weighted by Gasteiger charge is 2.30. The molecule has 1 aromatic heterocycles. The normalized spacial score (nSPS) is 14.8. The lowest BCUT2D eigenvalue weighted by Crippen LogP contribution is -2.55. The molecule has 17 heavy (non-hydrogen) atoms. The van der Waals surface area contributed by atoms with Crippen molar-refractivity contribution in [3.63, 3.8) is 0 Å². The van der Waals surface area contributed by atoms with E-state index < -0.39 is 5.54 Å². The Morgan fingerprint density at radius 3 is 2.47 bits per heavy atom. The summed E-state index contributed by atoms with van der Waals surface area (Å²) < 4.78 is 0. The van der Waals surface area contributed by atoms with Crippen molar-refractivity contribution >= 4 is 5.91 Å². The van der Waals surface area contributed by atoms with E-state index in [-0.39, 0.29) is 11.8 Å². The monoisotopic (exact) mass is 238 g/mol. The Bertz CT molecular complexity index is 391. The summed E-state index contributed by atoms with van der Waals surface area (Å²) >= 11 is 0. The summed E-state index contributed by atoms with van der Waals surface area (Å²) in [4.78, 5) is 12.2. The van der Waals surface area contributed by atoms with Gasteiger partial charge >= 0.3 is 0 Å². The summed E-state index contributed by atoms with van der Waals surface area (Å²) in [7, 11) is 0. The van der Waals surface area contributed by atoms with Crippen molar-refractivity contribution in [2.75, 3.05) is 6.54 Å². The van der Waals surface area contributed by atoms with Crippen molar-refractivity contribution in [3.05, 3.63) is 17.0 Å². The van der Waals surface area contributed by atoms with E-state index in [1.165, 1.54) is 0 Å². The lowest BCUT2D eigenvalue weighted by atomic mass is 9.88. The van der Waals surface area contributed by atoms with Gasteiger partial charge < -0.3 is 11.1 Å². The van der Waals surface area contributed by atoms with Crippen molar-refractivity contribution < 1.29 is 4.79 Å². The number of amides is 1. The molecule has 0 bridgehead atoms. The Balaban J connectivity index is 2.93. The predicted molar refractivity (Wildman–Crippen MR) is 67.8 cm³/mol. The smallest absolute Gasteiger partial charge is 0.255 e. The molecule has 0 spiro atoms. The Morgan fingerprint density at radius 1 is 1.53 bits per heavy atom. The van der Waals surface area contributed by atoms with Gasteiger partial charge in [0.25, 0.3) is 5.91 Å². The molecule has 1 atom stereocenters. The van der Waals surface area contributed by atoms with E-state index in [4.69, 9.17) is 5.73 Å². The van der Waals surface area contributed by atoms with Crippen molar-refractivity contribution in [1.29, 1.82) is 0 Å². The molecule has 4 N–H and O–H groups in total. The van der Waals surface area contributed by atoms with Crippen molar-refractivity contribution in [3.8, 4) is 0 Å². The van der Waals surface area contributed by atoms with Gasteiger partial charge in [-0.05, 0) is 26.7 Å². The first-order valence-electron chi connectivity index (χ1n) is 5.86. The Labute approximate surface area is 102 Å². The van der Waals surface area contributed by atoms with Gasteiger partial charge in [0.05, 0.1) is 16.8 Å². The lowest BCUT2D eigenvalue weighted by Gasteiger charge is -2.33. The number of hydrogen-bond donors (Lipinski definition) is 3. The zero-order valence-corrected chi connectivity index (χ0v) is 11.2. The second-order valence-corrected chi connectivity index (χ2v) is 5.04. The Kier molecular flexibility index (Phi) is 3.93. The van der Waals surface area contributed by atoms with Crippen molar-refractivity contribution in [1.82, 2.24) is 15.5 Å². The van der Waals surface area contributed by atoms with Crippen LogP contribution in [0, 0.1) is 19.8 Å². The van der Waals surface area contributed by atoms with Gasteiger partial charge in [-0.2, -0.15) is 5.10 Å². The first kappa shape index (κ1) is 13.7. The summed E-state index contributed by atoms with van der Waals surface area (Å²) in [5.41, 5.74) is 7.46. The number of aromatic nitrogens is 2. The van der Waals surface area contributed by atoms with E-state index in [9.17, 15) is 4.79 Å². The Hall–Kier alpha value is -1.36. The van der Waals surface area contributed by atoms with Gasteiger partial charge in [-0.1, -0.05) is 13.8 Å². The van der Waals surface area contributed by atoms with Crippen LogP contribution in [0.4, 0.5) is 0 Å². The number of aryl methyl sites for hydroxylation is 2. The molecule has 96 valence electrons. The molecule has 0 saturated carbocycles. The summed E-state index contributed by atoms with van der Waals surface area (Å²) in [6.45, 7) is 10.1. The summed E-state index contributed by atoms with van der Waals surface area (Å²) in [5.74, 6) is 0.152. The minimum absolute atomic E-state index is 0.115. The standard InChI is InChI=1S/C12H22N4O/c1-7(2)12(5,6-13)14-11(17)10-8(3)15-16-9(10)4/h7H,6,13H2,1-5H3,(H,14,17)(H,15,16). The third-order valence-electron chi connectivity index (χ3n) is 3.45. The van der Waals surface area contributed by atoms with Gasteiger partial charge in [-0.3, -0.25) is 9.89 Å². The number of hydrogen-bond acceptors (Lipinski definition) is 3. The van der Waals surface area contributed by atoms with Crippen molar-refractivity contribution in [2.45, 2.75) is 40.2 Å². The van der Waals surface area contributed by atoms with Gasteiger partial charge in [0.2, 0.25) is 0 Å². The fourth-order valence-electron chi connectivity index (χ4n) is 1.64. The molecule has 0 radical (unpaired) electrons. The zero-order chi connectivity index (χ0) is 13.2.